The third-order valence-corrected chi connectivity index (χ3v) is 6.23. The second-order valence-corrected chi connectivity index (χ2v) is 8.39. The number of amides is 1. The van der Waals surface area contributed by atoms with Gasteiger partial charge in [0.2, 0.25) is 0 Å². The number of aryl methyl sites for hydroxylation is 1. The van der Waals surface area contributed by atoms with E-state index < -0.39 is 11.7 Å². The van der Waals surface area contributed by atoms with Gasteiger partial charge in [-0.25, -0.2) is 9.97 Å². The second kappa shape index (κ2) is 9.61. The number of carbonyl (C=O) groups excluding carboxylic acids is 1. The van der Waals surface area contributed by atoms with Crippen molar-refractivity contribution in [3.63, 3.8) is 0 Å². The fraction of sp³-hybridized carbons (Fsp3) is 0.458. The van der Waals surface area contributed by atoms with Gasteiger partial charge >= 0.3 is 6.18 Å². The van der Waals surface area contributed by atoms with E-state index in [-0.39, 0.29) is 35.6 Å². The third-order valence-electron chi connectivity index (χ3n) is 6.23. The maximum Gasteiger partial charge on any atom is 0.416 e. The van der Waals surface area contributed by atoms with Crippen LogP contribution < -0.4 is 10.1 Å². The lowest BCUT2D eigenvalue weighted by atomic mass is 10.0. The van der Waals surface area contributed by atoms with Crippen LogP contribution in [-0.2, 0) is 6.18 Å². The lowest BCUT2D eigenvalue weighted by molar-refractivity contribution is -0.137. The van der Waals surface area contributed by atoms with E-state index >= 15 is 0 Å². The SMILES string of the molecule is CCOc1ccc(C(F)(F)F)cc1-c1ncnc2c(C(=O)NC3CCN(CC)CC3)c(C)[nH]c12. The zero-order valence-electron chi connectivity index (χ0n) is 19.4. The molecule has 2 N–H and O–H groups in total. The summed E-state index contributed by atoms with van der Waals surface area (Å²) in [6.07, 6.45) is -1.53. The molecule has 7 nitrogen and oxygen atoms in total. The van der Waals surface area contributed by atoms with Crippen molar-refractivity contribution in [3.05, 3.63) is 41.3 Å². The molecular weight excluding hydrogens is 447 g/mol. The van der Waals surface area contributed by atoms with Crippen LogP contribution in [0.4, 0.5) is 13.2 Å². The fourth-order valence-corrected chi connectivity index (χ4v) is 4.43. The molecular formula is C24H28F3N5O2. The van der Waals surface area contributed by atoms with Crippen molar-refractivity contribution < 1.29 is 22.7 Å². The quantitative estimate of drug-likeness (QED) is 0.546. The first-order valence-electron chi connectivity index (χ1n) is 11.4. The van der Waals surface area contributed by atoms with Gasteiger partial charge in [-0.2, -0.15) is 13.2 Å². The van der Waals surface area contributed by atoms with Crippen molar-refractivity contribution in [2.45, 2.75) is 45.8 Å². The summed E-state index contributed by atoms with van der Waals surface area (Å²) in [6.45, 7) is 8.74. The Balaban J connectivity index is 1.73. The molecule has 1 aromatic carbocycles. The topological polar surface area (TPSA) is 83.1 Å². The maximum absolute atomic E-state index is 13.4. The number of halogens is 3. The van der Waals surface area contributed by atoms with Gasteiger partial charge in [0, 0.05) is 30.4 Å². The van der Waals surface area contributed by atoms with Crippen LogP contribution in [0.1, 0.15) is 48.3 Å². The standard InChI is InChI=1S/C24H28F3N5O2/c1-4-32-10-8-16(9-11-32)31-23(33)19-14(3)30-22-20(28-13-29-21(19)22)17-12-15(24(25,26)27)6-7-18(17)34-5-2/h6-7,12-13,16,30H,4-5,8-11H2,1-3H3,(H,31,33). The van der Waals surface area contributed by atoms with Crippen LogP contribution in [0.3, 0.4) is 0 Å². The Morgan fingerprint density at radius 3 is 2.62 bits per heavy atom. The Morgan fingerprint density at radius 2 is 1.97 bits per heavy atom. The number of nitrogens with one attached hydrogen (secondary N) is 2. The van der Waals surface area contributed by atoms with E-state index in [9.17, 15) is 18.0 Å². The predicted octanol–water partition coefficient (Wildman–Crippen LogP) is 4.56. The maximum atomic E-state index is 13.4. The average molecular weight is 476 g/mol. The molecule has 0 aliphatic carbocycles. The van der Waals surface area contributed by atoms with E-state index in [4.69, 9.17) is 4.74 Å². The summed E-state index contributed by atoms with van der Waals surface area (Å²) in [5, 5.41) is 3.10. The number of piperidine rings is 1. The Bertz CT molecular complexity index is 1180. The smallest absolute Gasteiger partial charge is 0.416 e. The first-order valence-corrected chi connectivity index (χ1v) is 11.4. The Kier molecular flexibility index (Phi) is 6.79. The number of likely N-dealkylation sites (tertiary alicyclic amines) is 1. The van der Waals surface area contributed by atoms with Crippen molar-refractivity contribution >= 4 is 16.9 Å². The summed E-state index contributed by atoms with van der Waals surface area (Å²) in [5.74, 6) is 0.0221. The summed E-state index contributed by atoms with van der Waals surface area (Å²) in [7, 11) is 0. The summed E-state index contributed by atoms with van der Waals surface area (Å²) in [5.41, 5.74) is 1.34. The van der Waals surface area contributed by atoms with Crippen LogP contribution >= 0.6 is 0 Å². The highest BCUT2D eigenvalue weighted by Crippen LogP contribution is 2.39. The molecule has 4 rings (SSSR count). The highest BCUT2D eigenvalue weighted by atomic mass is 19.4. The molecule has 0 bridgehead atoms. The number of benzene rings is 1. The molecule has 10 heteroatoms. The molecule has 3 aromatic rings. The monoisotopic (exact) mass is 475 g/mol. The van der Waals surface area contributed by atoms with Gasteiger partial charge in [0.1, 0.15) is 23.3 Å². The van der Waals surface area contributed by atoms with Crippen LogP contribution in [0, 0.1) is 6.92 Å². The van der Waals surface area contributed by atoms with Gasteiger partial charge in [0.05, 0.1) is 23.3 Å². The molecule has 1 amide bonds. The van der Waals surface area contributed by atoms with Gasteiger partial charge in [-0.05, 0) is 51.4 Å². The number of hydrogen-bond acceptors (Lipinski definition) is 5. The number of rotatable bonds is 6. The summed E-state index contributed by atoms with van der Waals surface area (Å²) < 4.78 is 45.8. The van der Waals surface area contributed by atoms with Gasteiger partial charge < -0.3 is 19.9 Å². The van der Waals surface area contributed by atoms with Crippen LogP contribution in [0.15, 0.2) is 24.5 Å². The molecule has 1 aliphatic rings. The van der Waals surface area contributed by atoms with Gasteiger partial charge in [0.25, 0.3) is 5.91 Å². The number of H-pyrrole nitrogens is 1. The molecule has 0 atom stereocenters. The van der Waals surface area contributed by atoms with Gasteiger partial charge in [-0.3, -0.25) is 4.79 Å². The number of hydrogen-bond donors (Lipinski definition) is 2. The zero-order valence-corrected chi connectivity index (χ0v) is 19.4. The Morgan fingerprint density at radius 1 is 1.24 bits per heavy atom. The van der Waals surface area contributed by atoms with Crippen molar-refractivity contribution in [3.8, 4) is 17.0 Å². The summed E-state index contributed by atoms with van der Waals surface area (Å²) in [4.78, 5) is 27.2. The summed E-state index contributed by atoms with van der Waals surface area (Å²) >= 11 is 0. The fourth-order valence-electron chi connectivity index (χ4n) is 4.43. The van der Waals surface area contributed by atoms with Gasteiger partial charge in [-0.1, -0.05) is 6.92 Å². The average Bonchev–Trinajstić information content (AvgIpc) is 3.15. The number of fused-ring (bicyclic) bond motifs is 1. The van der Waals surface area contributed by atoms with Crippen LogP contribution in [0.2, 0.25) is 0 Å². The molecule has 3 heterocycles. The number of ether oxygens (including phenoxy) is 1. The van der Waals surface area contributed by atoms with Crippen LogP contribution in [-0.4, -0.2) is 58.0 Å². The molecule has 0 spiro atoms. The van der Waals surface area contributed by atoms with E-state index in [1.54, 1.807) is 13.8 Å². The van der Waals surface area contributed by atoms with Crippen molar-refractivity contribution in [1.29, 1.82) is 0 Å². The number of aromatic amines is 1. The highest BCUT2D eigenvalue weighted by Gasteiger charge is 2.32. The van der Waals surface area contributed by atoms with Crippen LogP contribution in [0.25, 0.3) is 22.3 Å². The molecule has 1 aliphatic heterocycles. The molecule has 2 aromatic heterocycles. The van der Waals surface area contributed by atoms with Gasteiger partial charge in [0.15, 0.2) is 0 Å². The Labute approximate surface area is 195 Å². The highest BCUT2D eigenvalue weighted by molar-refractivity contribution is 6.09. The van der Waals surface area contributed by atoms with Crippen LogP contribution in [0.5, 0.6) is 5.75 Å². The first kappa shape index (κ1) is 24.0. The number of aromatic nitrogens is 3. The van der Waals surface area contributed by atoms with E-state index in [2.05, 4.69) is 32.1 Å². The molecule has 0 radical (unpaired) electrons. The molecule has 1 fully saturated rings. The molecule has 182 valence electrons. The number of alkyl halides is 3. The molecule has 1 saturated heterocycles. The third kappa shape index (κ3) is 4.72. The predicted molar refractivity (Wildman–Crippen MR) is 123 cm³/mol. The normalized spacial score (nSPS) is 15.6. The van der Waals surface area contributed by atoms with E-state index in [1.165, 1.54) is 12.4 Å². The van der Waals surface area contributed by atoms with E-state index in [0.717, 1.165) is 44.6 Å². The molecule has 34 heavy (non-hydrogen) atoms. The van der Waals surface area contributed by atoms with Crippen molar-refractivity contribution in [2.24, 2.45) is 0 Å². The minimum absolute atomic E-state index is 0.0639. The molecule has 0 unspecified atom stereocenters. The minimum Gasteiger partial charge on any atom is -0.493 e. The van der Waals surface area contributed by atoms with Gasteiger partial charge in [-0.15, -0.1) is 0 Å². The summed E-state index contributed by atoms with van der Waals surface area (Å²) in [6, 6.07) is 3.36. The largest absolute Gasteiger partial charge is 0.493 e. The van der Waals surface area contributed by atoms with Crippen molar-refractivity contribution in [2.75, 3.05) is 26.2 Å². The lowest BCUT2D eigenvalue weighted by Crippen LogP contribution is -2.44. The van der Waals surface area contributed by atoms with E-state index in [1.807, 2.05) is 0 Å². The zero-order chi connectivity index (χ0) is 24.5. The second-order valence-electron chi connectivity index (χ2n) is 8.39. The Hall–Kier alpha value is -3.14. The number of nitrogens with zero attached hydrogens (tertiary/aromatic N) is 3. The van der Waals surface area contributed by atoms with Crippen molar-refractivity contribution in [1.82, 2.24) is 25.2 Å². The molecule has 0 saturated carbocycles. The number of carbonyl (C=O) groups is 1. The first-order chi connectivity index (χ1) is 16.2. The van der Waals surface area contributed by atoms with E-state index in [0.29, 0.717) is 22.3 Å². The minimum atomic E-state index is -4.52. The lowest BCUT2D eigenvalue weighted by Gasteiger charge is -2.31.